The highest BCUT2D eigenvalue weighted by atomic mass is 16.5. The van der Waals surface area contributed by atoms with Gasteiger partial charge in [0.1, 0.15) is 11.8 Å². The van der Waals surface area contributed by atoms with E-state index < -0.39 is 17.9 Å². The number of methoxy groups -OCH3 is 1. The van der Waals surface area contributed by atoms with Crippen molar-refractivity contribution in [1.82, 2.24) is 10.6 Å². The topological polar surface area (TPSA) is 87.7 Å². The first kappa shape index (κ1) is 20.4. The molecule has 2 N–H and O–H groups in total. The van der Waals surface area contributed by atoms with Crippen LogP contribution in [-0.4, -0.2) is 37.4 Å². The molecular weight excluding hydrogens is 370 g/mol. The molecular formula is C22H25N3O4. The smallest absolute Gasteiger partial charge is 0.310 e. The van der Waals surface area contributed by atoms with Crippen LogP contribution in [0.2, 0.25) is 0 Å². The van der Waals surface area contributed by atoms with E-state index in [1.165, 1.54) is 0 Å². The van der Waals surface area contributed by atoms with Gasteiger partial charge in [-0.3, -0.25) is 14.4 Å². The molecule has 0 aromatic heterocycles. The number of ether oxygens (including phenoxy) is 1. The molecule has 0 saturated carbocycles. The van der Waals surface area contributed by atoms with Gasteiger partial charge in [-0.2, -0.15) is 0 Å². The number of carbonyl (C=O) groups is 3. The molecule has 7 heteroatoms. The van der Waals surface area contributed by atoms with Gasteiger partial charge in [0, 0.05) is 23.8 Å². The molecule has 1 aliphatic heterocycles. The van der Waals surface area contributed by atoms with Crippen molar-refractivity contribution >= 4 is 23.4 Å². The zero-order valence-electron chi connectivity index (χ0n) is 16.8. The van der Waals surface area contributed by atoms with Crippen molar-refractivity contribution in [3.05, 3.63) is 59.7 Å². The summed E-state index contributed by atoms with van der Waals surface area (Å²) in [6.45, 7) is 4.09. The van der Waals surface area contributed by atoms with Gasteiger partial charge in [-0.1, -0.05) is 36.4 Å². The fourth-order valence-electron chi connectivity index (χ4n) is 3.51. The third-order valence-corrected chi connectivity index (χ3v) is 4.86. The lowest BCUT2D eigenvalue weighted by Gasteiger charge is -2.22. The Labute approximate surface area is 170 Å². The number of rotatable bonds is 6. The maximum Gasteiger partial charge on any atom is 0.310 e. The van der Waals surface area contributed by atoms with Crippen molar-refractivity contribution in [3.63, 3.8) is 0 Å². The van der Waals surface area contributed by atoms with Crippen LogP contribution in [0.5, 0.6) is 5.75 Å². The molecule has 2 aromatic rings. The van der Waals surface area contributed by atoms with E-state index in [4.69, 9.17) is 4.74 Å². The number of carbonyl (C=O) groups excluding carboxylic acids is 3. The highest BCUT2D eigenvalue weighted by Crippen LogP contribution is 2.36. The Hall–Kier alpha value is -3.35. The number of fused-ring (bicyclic) bond motifs is 1. The summed E-state index contributed by atoms with van der Waals surface area (Å²) in [6, 6.07) is 13.9. The number of amides is 3. The minimum absolute atomic E-state index is 0.0553. The van der Waals surface area contributed by atoms with Crippen LogP contribution < -0.4 is 20.3 Å². The largest absolute Gasteiger partial charge is 0.496 e. The summed E-state index contributed by atoms with van der Waals surface area (Å²) in [4.78, 5) is 39.0. The normalized spacial score (nSPS) is 15.2. The van der Waals surface area contributed by atoms with E-state index in [9.17, 15) is 14.4 Å². The lowest BCUT2D eigenvalue weighted by Crippen LogP contribution is -2.45. The molecule has 0 radical (unpaired) electrons. The third kappa shape index (κ3) is 4.23. The molecule has 152 valence electrons. The molecule has 1 aliphatic rings. The summed E-state index contributed by atoms with van der Waals surface area (Å²) in [7, 11) is 1.59. The van der Waals surface area contributed by atoms with E-state index in [0.717, 1.165) is 17.0 Å². The lowest BCUT2D eigenvalue weighted by molar-refractivity contribution is -0.140. The first-order chi connectivity index (χ1) is 13.9. The molecule has 0 fully saturated rings. The number of hydrogen-bond acceptors (Lipinski definition) is 4. The van der Waals surface area contributed by atoms with Crippen LogP contribution in [0, 0.1) is 0 Å². The predicted molar refractivity (Wildman–Crippen MR) is 110 cm³/mol. The standard InChI is InChI=1S/C22H25N3O4/c1-14(2)25-17-10-6-5-9-16(17)19(22(25)28)24-21(27)20(26)23-13-12-15-8-4-7-11-18(15)29-3/h4-11,14,19H,12-13H2,1-3H3,(H,23,26)(H,24,27). The second kappa shape index (κ2) is 8.77. The maximum absolute atomic E-state index is 12.8. The summed E-state index contributed by atoms with van der Waals surface area (Å²) in [5.41, 5.74) is 2.39. The van der Waals surface area contributed by atoms with Gasteiger partial charge >= 0.3 is 11.8 Å². The average Bonchev–Trinajstić information content (AvgIpc) is 3.00. The SMILES string of the molecule is COc1ccccc1CCNC(=O)C(=O)NC1C(=O)N(C(C)C)c2ccccc21. The van der Waals surface area contributed by atoms with Crippen LogP contribution in [0.4, 0.5) is 5.69 Å². The van der Waals surface area contributed by atoms with Crippen molar-refractivity contribution in [1.29, 1.82) is 0 Å². The minimum Gasteiger partial charge on any atom is -0.496 e. The van der Waals surface area contributed by atoms with Crippen LogP contribution in [0.25, 0.3) is 0 Å². The van der Waals surface area contributed by atoms with E-state index in [-0.39, 0.29) is 18.5 Å². The molecule has 0 aliphatic carbocycles. The van der Waals surface area contributed by atoms with E-state index in [0.29, 0.717) is 12.0 Å². The number of benzene rings is 2. The second-order valence-electron chi connectivity index (χ2n) is 7.09. The molecule has 7 nitrogen and oxygen atoms in total. The van der Waals surface area contributed by atoms with Crippen LogP contribution in [0.3, 0.4) is 0 Å². The Kier molecular flexibility index (Phi) is 6.16. The van der Waals surface area contributed by atoms with E-state index >= 15 is 0 Å². The molecule has 1 heterocycles. The predicted octanol–water partition coefficient (Wildman–Crippen LogP) is 1.97. The Morgan fingerprint density at radius 3 is 2.48 bits per heavy atom. The van der Waals surface area contributed by atoms with Crippen molar-refractivity contribution < 1.29 is 19.1 Å². The van der Waals surface area contributed by atoms with Gasteiger partial charge in [0.25, 0.3) is 5.91 Å². The van der Waals surface area contributed by atoms with Crippen LogP contribution >= 0.6 is 0 Å². The Balaban J connectivity index is 1.61. The van der Waals surface area contributed by atoms with Crippen molar-refractivity contribution in [2.45, 2.75) is 32.4 Å². The van der Waals surface area contributed by atoms with Crippen molar-refractivity contribution in [3.8, 4) is 5.75 Å². The zero-order valence-corrected chi connectivity index (χ0v) is 16.8. The first-order valence-electron chi connectivity index (χ1n) is 9.56. The zero-order chi connectivity index (χ0) is 21.0. The molecule has 0 saturated heterocycles. The van der Waals surface area contributed by atoms with Gasteiger partial charge < -0.3 is 20.3 Å². The Morgan fingerprint density at radius 1 is 1.07 bits per heavy atom. The Morgan fingerprint density at radius 2 is 1.76 bits per heavy atom. The number of anilines is 1. The van der Waals surface area contributed by atoms with Crippen LogP contribution in [0.15, 0.2) is 48.5 Å². The quantitative estimate of drug-likeness (QED) is 0.732. The molecule has 0 spiro atoms. The first-order valence-corrected chi connectivity index (χ1v) is 9.56. The van der Waals surface area contributed by atoms with Crippen molar-refractivity contribution in [2.24, 2.45) is 0 Å². The van der Waals surface area contributed by atoms with Gasteiger partial charge in [0.15, 0.2) is 0 Å². The summed E-state index contributed by atoms with van der Waals surface area (Å²) >= 11 is 0. The molecule has 3 rings (SSSR count). The third-order valence-electron chi connectivity index (χ3n) is 4.86. The lowest BCUT2D eigenvalue weighted by atomic mass is 10.1. The highest BCUT2D eigenvalue weighted by Gasteiger charge is 2.39. The molecule has 1 atom stereocenters. The van der Waals surface area contributed by atoms with Gasteiger partial charge in [-0.15, -0.1) is 0 Å². The maximum atomic E-state index is 12.8. The molecule has 29 heavy (non-hydrogen) atoms. The summed E-state index contributed by atoms with van der Waals surface area (Å²) in [5.74, 6) is -1.11. The van der Waals surface area contributed by atoms with Crippen LogP contribution in [0.1, 0.15) is 31.0 Å². The number of para-hydroxylation sites is 2. The fraction of sp³-hybridized carbons (Fsp3) is 0.318. The second-order valence-corrected chi connectivity index (χ2v) is 7.09. The monoisotopic (exact) mass is 395 g/mol. The summed E-state index contributed by atoms with van der Waals surface area (Å²) in [6.07, 6.45) is 0.523. The average molecular weight is 395 g/mol. The van der Waals surface area contributed by atoms with E-state index in [2.05, 4.69) is 10.6 Å². The van der Waals surface area contributed by atoms with Crippen LogP contribution in [-0.2, 0) is 20.8 Å². The van der Waals surface area contributed by atoms with Gasteiger partial charge in [0.05, 0.1) is 7.11 Å². The van der Waals surface area contributed by atoms with Gasteiger partial charge in [-0.25, -0.2) is 0 Å². The molecule has 1 unspecified atom stereocenters. The number of nitrogens with one attached hydrogen (secondary N) is 2. The molecule has 2 aromatic carbocycles. The fourth-order valence-corrected chi connectivity index (χ4v) is 3.51. The van der Waals surface area contributed by atoms with Crippen molar-refractivity contribution in [2.75, 3.05) is 18.6 Å². The minimum atomic E-state index is -0.860. The van der Waals surface area contributed by atoms with Gasteiger partial charge in [0.2, 0.25) is 0 Å². The van der Waals surface area contributed by atoms with Gasteiger partial charge in [-0.05, 0) is 38.0 Å². The summed E-state index contributed by atoms with van der Waals surface area (Å²) in [5, 5.41) is 5.17. The highest BCUT2D eigenvalue weighted by molar-refractivity contribution is 6.35. The molecule has 0 bridgehead atoms. The number of nitrogens with zero attached hydrogens (tertiary/aromatic N) is 1. The van der Waals surface area contributed by atoms with E-state index in [1.54, 1.807) is 18.1 Å². The molecule has 3 amide bonds. The summed E-state index contributed by atoms with van der Waals surface area (Å²) < 4.78 is 5.28. The number of hydrogen-bond donors (Lipinski definition) is 2. The van der Waals surface area contributed by atoms with E-state index in [1.807, 2.05) is 56.3 Å². The Bertz CT molecular complexity index is 926.